The molecule has 0 aromatic rings. The lowest BCUT2D eigenvalue weighted by Gasteiger charge is -2.20. The van der Waals surface area contributed by atoms with E-state index in [1.165, 1.54) is 0 Å². The van der Waals surface area contributed by atoms with Crippen molar-refractivity contribution in [1.29, 1.82) is 0 Å². The lowest BCUT2D eigenvalue weighted by Crippen LogP contribution is -2.22. The Hall–Kier alpha value is 1.88. The minimum atomic E-state index is -0.393. The van der Waals surface area contributed by atoms with Gasteiger partial charge in [-0.2, -0.15) is 0 Å². The van der Waals surface area contributed by atoms with E-state index in [0.29, 0.717) is 0 Å². The van der Waals surface area contributed by atoms with Crippen molar-refractivity contribution in [2.24, 2.45) is 17.3 Å². The Morgan fingerprint density at radius 2 is 1.86 bits per heavy atom. The van der Waals surface area contributed by atoms with Crippen molar-refractivity contribution in [3.05, 3.63) is 0 Å². The Kier molecular flexibility index (Phi) is 4.26. The number of hydrogen-bond acceptors (Lipinski definition) is 1. The van der Waals surface area contributed by atoms with E-state index < -0.39 is 2.14 Å². The van der Waals surface area contributed by atoms with E-state index in [4.69, 9.17) is 11.6 Å². The zero-order chi connectivity index (χ0) is 11.3. The van der Waals surface area contributed by atoms with Crippen LogP contribution < -0.4 is 0 Å². The quantitative estimate of drug-likeness (QED) is 0.420. The highest BCUT2D eigenvalue weighted by molar-refractivity contribution is 9.40. The van der Waals surface area contributed by atoms with Gasteiger partial charge in [0.2, 0.25) is 5.24 Å². The standard InChI is InChI=1S/C8H9Br4ClO/c1-7(2)3(4(7)6(13)14)5(9)8(10,11)12/h3-5H,1-2H3. The molecule has 6 heteroatoms. The van der Waals surface area contributed by atoms with Gasteiger partial charge in [0.15, 0.2) is 0 Å². The third-order valence-electron chi connectivity index (χ3n) is 2.78. The number of carbonyl (C=O) groups excluding carboxylic acids is 1. The van der Waals surface area contributed by atoms with E-state index in [1.54, 1.807) is 0 Å². The molecular weight excluding hydrogens is 467 g/mol. The first kappa shape index (κ1) is 13.9. The minimum absolute atomic E-state index is 0.0342. The van der Waals surface area contributed by atoms with E-state index in [1.807, 2.05) is 0 Å². The van der Waals surface area contributed by atoms with E-state index in [9.17, 15) is 4.79 Å². The molecule has 0 saturated heterocycles. The van der Waals surface area contributed by atoms with Gasteiger partial charge in [0.05, 0.1) is 4.83 Å². The molecule has 82 valence electrons. The van der Waals surface area contributed by atoms with E-state index in [-0.39, 0.29) is 27.3 Å². The highest BCUT2D eigenvalue weighted by Crippen LogP contribution is 2.66. The number of alkyl halides is 4. The summed E-state index contributed by atoms with van der Waals surface area (Å²) in [7, 11) is 0. The molecule has 1 nitrogen and oxygen atoms in total. The van der Waals surface area contributed by atoms with Gasteiger partial charge in [0.25, 0.3) is 0 Å². The van der Waals surface area contributed by atoms with Gasteiger partial charge in [-0.05, 0) is 22.9 Å². The van der Waals surface area contributed by atoms with Crippen molar-refractivity contribution in [1.82, 2.24) is 0 Å². The second-order valence-electron chi connectivity index (χ2n) is 4.07. The van der Waals surface area contributed by atoms with Crippen molar-refractivity contribution in [2.75, 3.05) is 0 Å². The largest absolute Gasteiger partial charge is 0.281 e. The van der Waals surface area contributed by atoms with Gasteiger partial charge >= 0.3 is 0 Å². The molecule has 0 radical (unpaired) electrons. The van der Waals surface area contributed by atoms with Gasteiger partial charge in [-0.3, -0.25) is 4.79 Å². The van der Waals surface area contributed by atoms with Crippen molar-refractivity contribution in [2.45, 2.75) is 20.8 Å². The molecule has 1 aliphatic rings. The van der Waals surface area contributed by atoms with Crippen LogP contribution in [-0.4, -0.2) is 12.2 Å². The van der Waals surface area contributed by atoms with Crippen LogP contribution >= 0.6 is 75.3 Å². The summed E-state index contributed by atoms with van der Waals surface area (Å²) < 4.78 is -0.393. The molecule has 0 bridgehead atoms. The molecule has 0 N–H and O–H groups in total. The van der Waals surface area contributed by atoms with Crippen LogP contribution in [0, 0.1) is 17.3 Å². The molecule has 14 heavy (non-hydrogen) atoms. The number of rotatable bonds is 2. The Morgan fingerprint density at radius 3 is 2.07 bits per heavy atom. The molecule has 0 spiro atoms. The van der Waals surface area contributed by atoms with Crippen molar-refractivity contribution < 1.29 is 4.79 Å². The summed E-state index contributed by atoms with van der Waals surface area (Å²) in [6.45, 7) is 4.10. The summed E-state index contributed by atoms with van der Waals surface area (Å²) in [5.74, 6) is 0.159. The highest BCUT2D eigenvalue weighted by Gasteiger charge is 2.66. The summed E-state index contributed by atoms with van der Waals surface area (Å²) >= 11 is 19.4. The van der Waals surface area contributed by atoms with Crippen LogP contribution in [-0.2, 0) is 4.79 Å². The third kappa shape index (κ3) is 2.58. The fourth-order valence-electron chi connectivity index (χ4n) is 1.86. The molecule has 0 aromatic carbocycles. The van der Waals surface area contributed by atoms with Crippen molar-refractivity contribution >= 4 is 80.6 Å². The van der Waals surface area contributed by atoms with Crippen molar-refractivity contribution in [3.63, 3.8) is 0 Å². The van der Waals surface area contributed by atoms with Crippen LogP contribution in [0.2, 0.25) is 0 Å². The van der Waals surface area contributed by atoms with Gasteiger partial charge in [0, 0.05) is 5.92 Å². The number of carbonyl (C=O) groups is 1. The molecule has 1 rings (SSSR count). The average Bonchev–Trinajstić information content (AvgIpc) is 2.49. The third-order valence-corrected chi connectivity index (χ3v) is 7.60. The van der Waals surface area contributed by atoms with E-state index in [2.05, 4.69) is 77.6 Å². The highest BCUT2D eigenvalue weighted by atomic mass is 80.0. The monoisotopic (exact) mass is 472 g/mol. The van der Waals surface area contributed by atoms with E-state index in [0.717, 1.165) is 0 Å². The normalized spacial score (nSPS) is 32.5. The second-order valence-corrected chi connectivity index (χ2v) is 12.4. The fourth-order valence-corrected chi connectivity index (χ4v) is 4.12. The van der Waals surface area contributed by atoms with Crippen LogP contribution in [0.1, 0.15) is 13.8 Å². The molecule has 1 saturated carbocycles. The molecule has 0 heterocycles. The molecule has 3 atom stereocenters. The van der Waals surface area contributed by atoms with Gasteiger partial charge in [0.1, 0.15) is 2.14 Å². The molecule has 1 fully saturated rings. The van der Waals surface area contributed by atoms with Crippen LogP contribution in [0.25, 0.3) is 0 Å². The first-order valence-electron chi connectivity index (χ1n) is 4.00. The van der Waals surface area contributed by atoms with Gasteiger partial charge in [-0.1, -0.05) is 77.6 Å². The number of hydrogen-bond donors (Lipinski definition) is 0. The first-order chi connectivity index (χ1) is 6.10. The lowest BCUT2D eigenvalue weighted by molar-refractivity contribution is -0.113. The summed E-state index contributed by atoms with van der Waals surface area (Å²) in [4.78, 5) is 11.3. The predicted octanol–water partition coefficient (Wildman–Crippen LogP) is 4.63. The summed E-state index contributed by atoms with van der Waals surface area (Å²) in [6.07, 6.45) is 0. The molecule has 0 amide bonds. The lowest BCUT2D eigenvalue weighted by atomic mass is 10.1. The minimum Gasteiger partial charge on any atom is -0.281 e. The Bertz CT molecular complexity index is 261. The first-order valence-corrected chi connectivity index (χ1v) is 7.67. The Labute approximate surface area is 122 Å². The topological polar surface area (TPSA) is 17.1 Å². The molecule has 0 aliphatic heterocycles. The van der Waals surface area contributed by atoms with E-state index >= 15 is 0 Å². The van der Waals surface area contributed by atoms with Gasteiger partial charge in [-0.15, -0.1) is 0 Å². The van der Waals surface area contributed by atoms with Crippen LogP contribution in [0.15, 0.2) is 0 Å². The average molecular weight is 476 g/mol. The second kappa shape index (κ2) is 4.28. The summed E-state index contributed by atoms with van der Waals surface area (Å²) in [6, 6.07) is 0. The fraction of sp³-hybridized carbons (Fsp3) is 0.875. The summed E-state index contributed by atoms with van der Waals surface area (Å²) in [5, 5.41) is -0.249. The predicted molar refractivity (Wildman–Crippen MR) is 73.8 cm³/mol. The number of halogens is 5. The Balaban J connectivity index is 2.79. The van der Waals surface area contributed by atoms with Crippen LogP contribution in [0.4, 0.5) is 0 Å². The maximum atomic E-state index is 11.2. The van der Waals surface area contributed by atoms with Crippen LogP contribution in [0.5, 0.6) is 0 Å². The smallest absolute Gasteiger partial charge is 0.225 e. The summed E-state index contributed by atoms with van der Waals surface area (Å²) in [5.41, 5.74) is -0.0342. The SMILES string of the molecule is CC1(C)C(C(=O)Cl)C1C(Br)C(Br)(Br)Br. The van der Waals surface area contributed by atoms with Crippen molar-refractivity contribution in [3.8, 4) is 0 Å². The zero-order valence-electron chi connectivity index (χ0n) is 7.53. The van der Waals surface area contributed by atoms with Gasteiger partial charge < -0.3 is 0 Å². The maximum Gasteiger partial charge on any atom is 0.225 e. The van der Waals surface area contributed by atoms with Crippen LogP contribution in [0.3, 0.4) is 0 Å². The molecule has 0 aromatic heterocycles. The zero-order valence-corrected chi connectivity index (χ0v) is 14.6. The molecule has 3 unspecified atom stereocenters. The molecular formula is C8H9Br4ClO. The molecule has 1 aliphatic carbocycles. The maximum absolute atomic E-state index is 11.2. The Morgan fingerprint density at radius 1 is 1.43 bits per heavy atom. The van der Waals surface area contributed by atoms with Gasteiger partial charge in [-0.25, -0.2) is 0 Å².